The van der Waals surface area contributed by atoms with Crippen LogP contribution in [0, 0.1) is 0 Å². The molecule has 0 spiro atoms. The summed E-state index contributed by atoms with van der Waals surface area (Å²) in [7, 11) is 0. The number of amides is 2. The van der Waals surface area contributed by atoms with Crippen molar-refractivity contribution in [2.24, 2.45) is 10.2 Å². The Labute approximate surface area is 234 Å². The first-order chi connectivity index (χ1) is 18.8. The van der Waals surface area contributed by atoms with Gasteiger partial charge in [-0.1, -0.05) is 0 Å². The van der Waals surface area contributed by atoms with E-state index >= 15 is 0 Å². The Morgan fingerprint density at radius 1 is 0.692 bits per heavy atom. The molecule has 11 heteroatoms. The van der Waals surface area contributed by atoms with E-state index in [-0.39, 0.29) is 11.8 Å². The fourth-order valence-electron chi connectivity index (χ4n) is 3.25. The average molecular weight is 559 g/mol. The van der Waals surface area contributed by atoms with E-state index in [1.807, 2.05) is 39.8 Å². The Bertz CT molecular complexity index is 1050. The lowest BCUT2D eigenvalue weighted by Gasteiger charge is -2.14. The third-order valence-electron chi connectivity index (χ3n) is 5.06. The topological polar surface area (TPSA) is 120 Å². The Balaban J connectivity index is 1.87. The molecule has 39 heavy (non-hydrogen) atoms. The molecule has 2 aromatic rings. The van der Waals surface area contributed by atoms with Gasteiger partial charge in [0, 0.05) is 0 Å². The van der Waals surface area contributed by atoms with Crippen LogP contribution in [-0.4, -0.2) is 61.2 Å². The summed E-state index contributed by atoms with van der Waals surface area (Å²) >= 11 is 1.20. The molecule has 0 saturated heterocycles. The molecule has 2 rings (SSSR count). The molecule has 0 aromatic heterocycles. The van der Waals surface area contributed by atoms with Gasteiger partial charge in [0.2, 0.25) is 0 Å². The largest absolute Gasteiger partial charge is 0.490 e. The van der Waals surface area contributed by atoms with E-state index in [0.29, 0.717) is 49.4 Å². The fourth-order valence-corrected chi connectivity index (χ4v) is 4.21. The highest BCUT2D eigenvalue weighted by Gasteiger charge is 2.21. The van der Waals surface area contributed by atoms with Gasteiger partial charge in [0.05, 0.1) is 49.4 Å². The number of hydrazone groups is 2. The van der Waals surface area contributed by atoms with Gasteiger partial charge >= 0.3 is 0 Å². The first-order valence-electron chi connectivity index (χ1n) is 12.9. The summed E-state index contributed by atoms with van der Waals surface area (Å²) in [6.45, 7) is 13.1. The lowest BCUT2D eigenvalue weighted by atomic mass is 10.2. The minimum absolute atomic E-state index is 0.326. The Morgan fingerprint density at radius 3 is 1.41 bits per heavy atom. The molecule has 0 radical (unpaired) electrons. The van der Waals surface area contributed by atoms with E-state index in [9.17, 15) is 9.59 Å². The number of thioether (sulfide) groups is 1. The number of nitrogens with zero attached hydrogens (tertiary/aromatic N) is 2. The van der Waals surface area contributed by atoms with Crippen LogP contribution < -0.4 is 29.8 Å². The molecule has 0 aliphatic heterocycles. The molecule has 0 unspecified atom stereocenters. The Kier molecular flexibility index (Phi) is 13.7. The van der Waals surface area contributed by atoms with Crippen LogP contribution in [0.3, 0.4) is 0 Å². The summed E-state index contributed by atoms with van der Waals surface area (Å²) in [6, 6.07) is 10.8. The third kappa shape index (κ3) is 10.5. The zero-order valence-electron chi connectivity index (χ0n) is 23.4. The molecule has 0 fully saturated rings. The maximum atomic E-state index is 12.5. The van der Waals surface area contributed by atoms with E-state index in [1.54, 1.807) is 38.1 Å². The standard InChI is InChI=1S/C28H38N4O6S/c1-7-35-23-13-11-21(15-25(23)37-9-3)17-29-31-27(33)19(5)39-20(6)28(34)32-30-18-22-12-14-24(36-8-2)26(16-22)38-10-4/h11-20H,7-10H2,1-6H3,(H,31,33)(H,32,34)/b29-17-,30-18+/t19-,20+/m0/s1. The second-order valence-electron chi connectivity index (χ2n) is 8.03. The van der Waals surface area contributed by atoms with Crippen LogP contribution in [0.15, 0.2) is 46.6 Å². The molecule has 0 aliphatic carbocycles. The van der Waals surface area contributed by atoms with Crippen LogP contribution in [0.25, 0.3) is 0 Å². The molecule has 2 amide bonds. The monoisotopic (exact) mass is 558 g/mol. The van der Waals surface area contributed by atoms with Gasteiger partial charge in [0.1, 0.15) is 0 Å². The fraction of sp³-hybridized carbons (Fsp3) is 0.429. The van der Waals surface area contributed by atoms with Crippen LogP contribution in [0.2, 0.25) is 0 Å². The van der Waals surface area contributed by atoms with Gasteiger partial charge < -0.3 is 18.9 Å². The number of carbonyl (C=O) groups excluding carboxylic acids is 2. The summed E-state index contributed by atoms with van der Waals surface area (Å²) in [5.41, 5.74) is 6.52. The van der Waals surface area contributed by atoms with Crippen molar-refractivity contribution in [3.05, 3.63) is 47.5 Å². The molecule has 212 valence electrons. The molecule has 2 aromatic carbocycles. The molecule has 0 heterocycles. The predicted molar refractivity (Wildman–Crippen MR) is 156 cm³/mol. The van der Waals surface area contributed by atoms with Crippen LogP contribution in [0.1, 0.15) is 52.7 Å². The number of carbonyl (C=O) groups is 2. The maximum Gasteiger partial charge on any atom is 0.252 e. The van der Waals surface area contributed by atoms with Crippen molar-refractivity contribution in [2.75, 3.05) is 26.4 Å². The molecule has 0 bridgehead atoms. The smallest absolute Gasteiger partial charge is 0.252 e. The van der Waals surface area contributed by atoms with Crippen molar-refractivity contribution in [3.8, 4) is 23.0 Å². The van der Waals surface area contributed by atoms with Crippen molar-refractivity contribution < 1.29 is 28.5 Å². The highest BCUT2D eigenvalue weighted by molar-refractivity contribution is 8.01. The lowest BCUT2D eigenvalue weighted by molar-refractivity contribution is -0.120. The first-order valence-corrected chi connectivity index (χ1v) is 13.9. The van der Waals surface area contributed by atoms with Gasteiger partial charge in [-0.15, -0.1) is 11.8 Å². The zero-order valence-corrected chi connectivity index (χ0v) is 24.2. The first kappa shape index (κ1) is 31.5. The molecule has 0 aliphatic rings. The summed E-state index contributed by atoms with van der Waals surface area (Å²) in [5.74, 6) is 1.87. The zero-order chi connectivity index (χ0) is 28.6. The van der Waals surface area contributed by atoms with E-state index in [1.165, 1.54) is 24.2 Å². The summed E-state index contributed by atoms with van der Waals surface area (Å²) in [4.78, 5) is 25.0. The second kappa shape index (κ2) is 17.0. The average Bonchev–Trinajstić information content (AvgIpc) is 2.91. The minimum Gasteiger partial charge on any atom is -0.490 e. The normalized spacial score (nSPS) is 12.7. The molecule has 2 atom stereocenters. The number of benzene rings is 2. The number of ether oxygens (including phenoxy) is 4. The van der Waals surface area contributed by atoms with Gasteiger partial charge in [0.15, 0.2) is 23.0 Å². The molecular formula is C28H38N4O6S. The quantitative estimate of drug-likeness (QED) is 0.232. The van der Waals surface area contributed by atoms with Crippen molar-refractivity contribution in [3.63, 3.8) is 0 Å². The van der Waals surface area contributed by atoms with Gasteiger partial charge in [-0.2, -0.15) is 10.2 Å². The van der Waals surface area contributed by atoms with Crippen molar-refractivity contribution in [1.29, 1.82) is 0 Å². The van der Waals surface area contributed by atoms with E-state index in [0.717, 1.165) is 11.1 Å². The number of nitrogens with one attached hydrogen (secondary N) is 2. The van der Waals surface area contributed by atoms with E-state index in [4.69, 9.17) is 18.9 Å². The Morgan fingerprint density at radius 2 is 1.05 bits per heavy atom. The predicted octanol–water partition coefficient (Wildman–Crippen LogP) is 4.39. The number of hydrogen-bond acceptors (Lipinski definition) is 9. The van der Waals surface area contributed by atoms with Crippen molar-refractivity contribution >= 4 is 36.0 Å². The van der Waals surface area contributed by atoms with Gasteiger partial charge in [-0.25, -0.2) is 10.9 Å². The summed E-state index contributed by atoms with van der Waals surface area (Å²) in [5, 5.41) is 7.03. The lowest BCUT2D eigenvalue weighted by Crippen LogP contribution is -2.33. The maximum absolute atomic E-state index is 12.5. The molecule has 10 nitrogen and oxygen atoms in total. The van der Waals surface area contributed by atoms with Gasteiger partial charge in [-0.3, -0.25) is 9.59 Å². The molecular weight excluding hydrogens is 520 g/mol. The highest BCUT2D eigenvalue weighted by Crippen LogP contribution is 2.29. The third-order valence-corrected chi connectivity index (χ3v) is 6.30. The van der Waals surface area contributed by atoms with E-state index < -0.39 is 10.5 Å². The van der Waals surface area contributed by atoms with Crippen LogP contribution >= 0.6 is 11.8 Å². The molecule has 0 saturated carbocycles. The van der Waals surface area contributed by atoms with E-state index in [2.05, 4.69) is 21.1 Å². The summed E-state index contributed by atoms with van der Waals surface area (Å²) in [6.07, 6.45) is 3.05. The number of rotatable bonds is 16. The highest BCUT2D eigenvalue weighted by atomic mass is 32.2. The second-order valence-corrected chi connectivity index (χ2v) is 9.72. The number of hydrogen-bond donors (Lipinski definition) is 2. The Hall–Kier alpha value is -3.73. The van der Waals surface area contributed by atoms with Crippen LogP contribution in [0.4, 0.5) is 0 Å². The minimum atomic E-state index is -0.522. The summed E-state index contributed by atoms with van der Waals surface area (Å²) < 4.78 is 22.3. The van der Waals surface area contributed by atoms with Gasteiger partial charge in [0.25, 0.3) is 11.8 Å². The molecule has 2 N–H and O–H groups in total. The van der Waals surface area contributed by atoms with Gasteiger partial charge in [-0.05, 0) is 89.1 Å². The SMILES string of the molecule is CCOc1ccc(/C=N\NC(=O)[C@H](C)S[C@H](C)C(=O)N/N=C/c2ccc(OCC)c(OCC)c2)cc1OCC. The van der Waals surface area contributed by atoms with Crippen molar-refractivity contribution in [2.45, 2.75) is 52.0 Å². The van der Waals surface area contributed by atoms with Crippen LogP contribution in [-0.2, 0) is 9.59 Å². The van der Waals surface area contributed by atoms with Crippen LogP contribution in [0.5, 0.6) is 23.0 Å². The van der Waals surface area contributed by atoms with Crippen molar-refractivity contribution in [1.82, 2.24) is 10.9 Å².